The highest BCUT2D eigenvalue weighted by molar-refractivity contribution is 7.91. The molecular weight excluding hydrogens is 509 g/mol. The van der Waals surface area contributed by atoms with E-state index in [1.165, 1.54) is 26.4 Å². The molecule has 0 bridgehead atoms. The molecule has 0 N–H and O–H groups in total. The molecule has 1 fully saturated rings. The van der Waals surface area contributed by atoms with Crippen molar-refractivity contribution in [2.24, 2.45) is 0 Å². The Kier molecular flexibility index (Phi) is 7.25. The van der Waals surface area contributed by atoms with Gasteiger partial charge in [-0.25, -0.2) is 12.8 Å². The maximum atomic E-state index is 13.8. The van der Waals surface area contributed by atoms with Crippen molar-refractivity contribution in [1.29, 1.82) is 0 Å². The third-order valence-corrected chi connectivity index (χ3v) is 9.23. The summed E-state index contributed by atoms with van der Waals surface area (Å²) in [4.78, 5) is 0. The van der Waals surface area contributed by atoms with E-state index in [-0.39, 0.29) is 23.3 Å². The van der Waals surface area contributed by atoms with E-state index in [9.17, 15) is 12.8 Å². The lowest BCUT2D eigenvalue weighted by Crippen LogP contribution is -2.29. The van der Waals surface area contributed by atoms with Gasteiger partial charge in [0.05, 0.1) is 19.5 Å². The fourth-order valence-corrected chi connectivity index (χ4v) is 7.05. The summed E-state index contributed by atoms with van der Waals surface area (Å²) in [5.41, 5.74) is 1.45. The quantitative estimate of drug-likeness (QED) is 0.286. The number of aromatic nitrogens is 3. The highest BCUT2D eigenvalue weighted by atomic mass is 32.2. The average Bonchev–Trinajstić information content (AvgIpc) is 3.54. The van der Waals surface area contributed by atoms with E-state index in [1.807, 2.05) is 13.0 Å². The molecule has 0 aliphatic heterocycles. The Bertz CT molecular complexity index is 1510. The van der Waals surface area contributed by atoms with Crippen LogP contribution < -0.4 is 9.47 Å². The van der Waals surface area contributed by atoms with Crippen LogP contribution in [0.4, 0.5) is 4.39 Å². The first-order valence-electron chi connectivity index (χ1n) is 12.5. The number of benzene rings is 2. The van der Waals surface area contributed by atoms with Gasteiger partial charge in [0.25, 0.3) is 0 Å². The zero-order chi connectivity index (χ0) is 26.9. The summed E-state index contributed by atoms with van der Waals surface area (Å²) in [5, 5.41) is 8.10. The summed E-state index contributed by atoms with van der Waals surface area (Å²) >= 11 is 0. The van der Waals surface area contributed by atoms with Crippen LogP contribution in [0.5, 0.6) is 11.5 Å². The first-order valence-corrected chi connectivity index (χ1v) is 14.2. The van der Waals surface area contributed by atoms with Gasteiger partial charge in [-0.3, -0.25) is 4.57 Å². The molecule has 8 nitrogen and oxygen atoms in total. The van der Waals surface area contributed by atoms with Crippen molar-refractivity contribution in [2.45, 2.75) is 49.5 Å². The molecule has 5 rings (SSSR count). The monoisotopic (exact) mass is 539 g/mol. The fourth-order valence-electron chi connectivity index (χ4n) is 5.22. The largest absolute Gasteiger partial charge is 0.494 e. The van der Waals surface area contributed by atoms with Crippen molar-refractivity contribution in [2.75, 3.05) is 14.2 Å². The Hall–Kier alpha value is -3.66. The van der Waals surface area contributed by atoms with Gasteiger partial charge >= 0.3 is 0 Å². The van der Waals surface area contributed by atoms with Gasteiger partial charge in [-0.1, -0.05) is 24.6 Å². The van der Waals surface area contributed by atoms with Crippen molar-refractivity contribution in [3.05, 3.63) is 77.6 Å². The number of rotatable bonds is 8. The van der Waals surface area contributed by atoms with Crippen molar-refractivity contribution >= 4 is 9.84 Å². The molecule has 0 saturated heterocycles. The number of aryl methyl sites for hydroxylation is 1. The van der Waals surface area contributed by atoms with Gasteiger partial charge in [0.2, 0.25) is 5.82 Å². The molecule has 2 aromatic heterocycles. The van der Waals surface area contributed by atoms with E-state index in [2.05, 4.69) is 10.2 Å². The second kappa shape index (κ2) is 10.6. The van der Waals surface area contributed by atoms with Crippen LogP contribution in [0.2, 0.25) is 0 Å². The fraction of sp³-hybridized carbons (Fsp3) is 0.357. The number of halogens is 1. The average molecular weight is 540 g/mol. The van der Waals surface area contributed by atoms with Crippen molar-refractivity contribution < 1.29 is 26.7 Å². The van der Waals surface area contributed by atoms with Crippen LogP contribution in [0.1, 0.15) is 48.7 Å². The van der Waals surface area contributed by atoms with Crippen LogP contribution in [0.3, 0.4) is 0 Å². The highest BCUT2D eigenvalue weighted by Gasteiger charge is 2.35. The van der Waals surface area contributed by atoms with Gasteiger partial charge < -0.3 is 13.9 Å². The molecule has 2 heterocycles. The van der Waals surface area contributed by atoms with E-state index in [1.54, 1.807) is 41.0 Å². The van der Waals surface area contributed by atoms with Crippen LogP contribution in [-0.4, -0.2) is 42.7 Å². The van der Waals surface area contributed by atoms with Crippen LogP contribution in [-0.2, 0) is 15.6 Å². The Morgan fingerprint density at radius 2 is 1.71 bits per heavy atom. The number of sulfone groups is 1. The van der Waals surface area contributed by atoms with E-state index in [4.69, 9.17) is 13.9 Å². The molecule has 2 aromatic carbocycles. The summed E-state index contributed by atoms with van der Waals surface area (Å²) < 4.78 is 59.8. The molecule has 2 atom stereocenters. The lowest BCUT2D eigenvalue weighted by molar-refractivity contribution is 0.390. The summed E-state index contributed by atoms with van der Waals surface area (Å²) in [6, 6.07) is 15.2. The molecule has 0 amide bonds. The Morgan fingerprint density at radius 3 is 2.34 bits per heavy atom. The minimum Gasteiger partial charge on any atom is -0.494 e. The highest BCUT2D eigenvalue weighted by Crippen LogP contribution is 2.39. The maximum Gasteiger partial charge on any atom is 0.204 e. The van der Waals surface area contributed by atoms with Crippen LogP contribution in [0.25, 0.3) is 17.3 Å². The molecule has 1 aliphatic rings. The number of hydrogen-bond acceptors (Lipinski definition) is 7. The molecule has 0 spiro atoms. The van der Waals surface area contributed by atoms with Gasteiger partial charge in [-0.05, 0) is 74.1 Å². The van der Waals surface area contributed by atoms with Crippen LogP contribution in [0.15, 0.2) is 59.0 Å². The van der Waals surface area contributed by atoms with Gasteiger partial charge in [0, 0.05) is 0 Å². The van der Waals surface area contributed by atoms with Gasteiger partial charge in [-0.2, -0.15) is 0 Å². The molecule has 0 radical (unpaired) electrons. The molecule has 1 saturated carbocycles. The number of ether oxygens (including phenoxy) is 2. The van der Waals surface area contributed by atoms with Crippen LogP contribution in [0, 0.1) is 12.7 Å². The number of nitrogens with zero attached hydrogens (tertiary/aromatic N) is 3. The number of hydrogen-bond donors (Lipinski definition) is 0. The third kappa shape index (κ3) is 5.05. The summed E-state index contributed by atoms with van der Waals surface area (Å²) in [6.45, 7) is 1.82. The van der Waals surface area contributed by atoms with Crippen LogP contribution >= 0.6 is 0 Å². The second-order valence-corrected chi connectivity index (χ2v) is 11.8. The van der Waals surface area contributed by atoms with Crippen molar-refractivity contribution in [3.63, 3.8) is 0 Å². The first kappa shape index (κ1) is 26.0. The van der Waals surface area contributed by atoms with Gasteiger partial charge in [0.1, 0.15) is 34.5 Å². The molecule has 1 aliphatic carbocycles. The molecule has 200 valence electrons. The summed E-state index contributed by atoms with van der Waals surface area (Å²) in [6.07, 6.45) is 2.69. The minimum atomic E-state index is -3.63. The Balaban J connectivity index is 1.54. The van der Waals surface area contributed by atoms with Crippen molar-refractivity contribution in [3.8, 4) is 28.8 Å². The first-order chi connectivity index (χ1) is 18.3. The second-order valence-electron chi connectivity index (χ2n) is 9.54. The lowest BCUT2D eigenvalue weighted by Gasteiger charge is -2.29. The summed E-state index contributed by atoms with van der Waals surface area (Å²) in [7, 11) is -0.558. The number of para-hydroxylation sites is 1. The Morgan fingerprint density at radius 1 is 1.00 bits per heavy atom. The molecule has 4 aromatic rings. The standard InChI is InChI=1S/C28H30FN3O5S/c1-18-10-15-25(37-18)28-31-30-26(32(28)27-23(35-2)8-5-9-24(27)36-3)17-38(33,34)22-7-4-6-20(16-22)19-11-13-21(29)14-12-19/h5,8-15,20,22H,4,6-7,16-17H2,1-3H3/t20-,22+/m0/s1. The molecular formula is C28H30FN3O5S. The predicted octanol–water partition coefficient (Wildman–Crippen LogP) is 5.63. The zero-order valence-corrected chi connectivity index (χ0v) is 22.4. The predicted molar refractivity (Wildman–Crippen MR) is 141 cm³/mol. The van der Waals surface area contributed by atoms with E-state index < -0.39 is 15.1 Å². The SMILES string of the molecule is COc1cccc(OC)c1-n1c(CS(=O)(=O)[C@@H]2CCC[C@H](c3ccc(F)cc3)C2)nnc1-c1ccc(C)o1. The molecule has 10 heteroatoms. The minimum absolute atomic E-state index is 0.0537. The topological polar surface area (TPSA) is 96.5 Å². The number of methoxy groups -OCH3 is 2. The maximum absolute atomic E-state index is 13.8. The smallest absolute Gasteiger partial charge is 0.204 e. The van der Waals surface area contributed by atoms with E-state index >= 15 is 0 Å². The van der Waals surface area contributed by atoms with E-state index in [0.717, 1.165) is 18.4 Å². The number of furan rings is 1. The van der Waals surface area contributed by atoms with E-state index in [0.29, 0.717) is 47.4 Å². The third-order valence-electron chi connectivity index (χ3n) is 7.12. The Labute approximate surface area is 221 Å². The van der Waals surface area contributed by atoms with Gasteiger partial charge in [0.15, 0.2) is 21.4 Å². The zero-order valence-electron chi connectivity index (χ0n) is 21.6. The summed E-state index contributed by atoms with van der Waals surface area (Å²) in [5.74, 6) is 2.09. The normalized spacial score (nSPS) is 17.9. The van der Waals surface area contributed by atoms with Crippen molar-refractivity contribution in [1.82, 2.24) is 14.8 Å². The van der Waals surface area contributed by atoms with Gasteiger partial charge in [-0.15, -0.1) is 10.2 Å². The lowest BCUT2D eigenvalue weighted by atomic mass is 9.84. The molecule has 38 heavy (non-hydrogen) atoms. The molecule has 0 unspecified atom stereocenters.